The zero-order chi connectivity index (χ0) is 12.3. The van der Waals surface area contributed by atoms with E-state index in [0.717, 1.165) is 10.8 Å². The number of carboxylic acids is 1. The highest BCUT2D eigenvalue weighted by molar-refractivity contribution is 5.91. The van der Waals surface area contributed by atoms with Crippen molar-refractivity contribution in [3.05, 3.63) is 36.4 Å². The second-order valence-corrected chi connectivity index (χ2v) is 3.50. The lowest BCUT2D eigenvalue weighted by Gasteiger charge is -2.11. The molecule has 0 aromatic heterocycles. The van der Waals surface area contributed by atoms with Gasteiger partial charge in [0.2, 0.25) is 0 Å². The fourth-order valence-corrected chi connectivity index (χ4v) is 1.67. The Bertz CT molecular complexity index is 548. The highest BCUT2D eigenvalue weighted by atomic mass is 16.5. The number of methoxy groups -OCH3 is 1. The maximum Gasteiger partial charge on any atom is 0.341 e. The highest BCUT2D eigenvalue weighted by Gasteiger charge is 2.10. The van der Waals surface area contributed by atoms with Crippen LogP contribution in [0.3, 0.4) is 0 Å². The molecule has 0 spiro atoms. The number of rotatable bonds is 4. The first kappa shape index (κ1) is 11.3. The summed E-state index contributed by atoms with van der Waals surface area (Å²) in [6.45, 7) is -0.385. The Morgan fingerprint density at radius 3 is 2.71 bits per heavy atom. The molecular formula is C13H12O4. The van der Waals surface area contributed by atoms with Gasteiger partial charge in [-0.1, -0.05) is 30.3 Å². The molecular weight excluding hydrogens is 220 g/mol. The van der Waals surface area contributed by atoms with Crippen molar-refractivity contribution in [3.8, 4) is 11.5 Å². The molecule has 0 aliphatic rings. The lowest BCUT2D eigenvalue weighted by atomic mass is 10.1. The van der Waals surface area contributed by atoms with Gasteiger partial charge in [-0.15, -0.1) is 0 Å². The van der Waals surface area contributed by atoms with Gasteiger partial charge in [-0.05, 0) is 11.5 Å². The van der Waals surface area contributed by atoms with Crippen molar-refractivity contribution in [1.82, 2.24) is 0 Å². The number of fused-ring (bicyclic) bond motifs is 1. The van der Waals surface area contributed by atoms with E-state index >= 15 is 0 Å². The largest absolute Gasteiger partial charge is 0.493 e. The zero-order valence-corrected chi connectivity index (χ0v) is 9.34. The Labute approximate surface area is 98.4 Å². The normalized spacial score (nSPS) is 10.2. The lowest BCUT2D eigenvalue weighted by molar-refractivity contribution is -0.139. The minimum atomic E-state index is -1.01. The Balaban J connectivity index is 2.50. The Morgan fingerprint density at radius 2 is 2.00 bits per heavy atom. The number of carbonyl (C=O) groups is 1. The maximum absolute atomic E-state index is 10.5. The Morgan fingerprint density at radius 1 is 1.24 bits per heavy atom. The summed E-state index contributed by atoms with van der Waals surface area (Å²) in [5.41, 5.74) is 0. The molecule has 0 saturated carbocycles. The molecule has 0 bridgehead atoms. The van der Waals surface area contributed by atoms with Gasteiger partial charge in [-0.2, -0.15) is 0 Å². The molecule has 1 N–H and O–H groups in total. The van der Waals surface area contributed by atoms with Crippen LogP contribution >= 0.6 is 0 Å². The summed E-state index contributed by atoms with van der Waals surface area (Å²) in [6.07, 6.45) is 0. The van der Waals surface area contributed by atoms with Gasteiger partial charge >= 0.3 is 5.97 Å². The average Bonchev–Trinajstić information content (AvgIpc) is 2.35. The Kier molecular flexibility index (Phi) is 3.14. The number of hydrogen-bond acceptors (Lipinski definition) is 3. The van der Waals surface area contributed by atoms with Crippen LogP contribution < -0.4 is 9.47 Å². The first-order valence-electron chi connectivity index (χ1n) is 5.12. The zero-order valence-electron chi connectivity index (χ0n) is 9.34. The second-order valence-electron chi connectivity index (χ2n) is 3.50. The van der Waals surface area contributed by atoms with Crippen molar-refractivity contribution < 1.29 is 19.4 Å². The van der Waals surface area contributed by atoms with E-state index in [1.165, 1.54) is 7.11 Å². The van der Waals surface area contributed by atoms with Crippen molar-refractivity contribution in [1.29, 1.82) is 0 Å². The van der Waals surface area contributed by atoms with Crippen molar-refractivity contribution in [2.75, 3.05) is 13.7 Å². The van der Waals surface area contributed by atoms with Crippen LogP contribution in [0.5, 0.6) is 11.5 Å². The number of benzene rings is 2. The molecule has 4 heteroatoms. The molecule has 0 radical (unpaired) electrons. The third-order valence-electron chi connectivity index (χ3n) is 2.40. The molecule has 0 aliphatic carbocycles. The lowest BCUT2D eigenvalue weighted by Crippen LogP contribution is -2.10. The van der Waals surface area contributed by atoms with Crippen molar-refractivity contribution >= 4 is 16.7 Å². The quantitative estimate of drug-likeness (QED) is 0.878. The molecule has 0 fully saturated rings. The van der Waals surface area contributed by atoms with E-state index in [2.05, 4.69) is 0 Å². The number of carboxylic acid groups (broad SMARTS) is 1. The first-order valence-corrected chi connectivity index (χ1v) is 5.12. The fraction of sp³-hybridized carbons (Fsp3) is 0.154. The molecule has 2 rings (SSSR count). The molecule has 0 aliphatic heterocycles. The summed E-state index contributed by atoms with van der Waals surface area (Å²) >= 11 is 0. The summed E-state index contributed by atoms with van der Waals surface area (Å²) in [6, 6.07) is 11.3. The fourth-order valence-electron chi connectivity index (χ4n) is 1.67. The third-order valence-corrected chi connectivity index (χ3v) is 2.40. The Hall–Kier alpha value is -2.23. The minimum absolute atomic E-state index is 0.385. The number of hydrogen-bond donors (Lipinski definition) is 1. The molecule has 0 heterocycles. The number of aliphatic carboxylic acids is 1. The molecule has 0 saturated heterocycles. The van der Waals surface area contributed by atoms with Crippen molar-refractivity contribution in [3.63, 3.8) is 0 Å². The molecule has 2 aromatic carbocycles. The molecule has 0 amide bonds. The van der Waals surface area contributed by atoms with Crippen molar-refractivity contribution in [2.45, 2.75) is 0 Å². The van der Waals surface area contributed by atoms with Gasteiger partial charge in [0, 0.05) is 5.39 Å². The summed E-state index contributed by atoms with van der Waals surface area (Å²) in [7, 11) is 1.53. The van der Waals surface area contributed by atoms with E-state index in [0.29, 0.717) is 11.5 Å². The summed E-state index contributed by atoms with van der Waals surface area (Å²) in [4.78, 5) is 10.5. The van der Waals surface area contributed by atoms with Crippen LogP contribution in [0.4, 0.5) is 0 Å². The van der Waals surface area contributed by atoms with Crippen LogP contribution in [0.25, 0.3) is 10.8 Å². The van der Waals surface area contributed by atoms with E-state index in [1.807, 2.05) is 30.3 Å². The predicted octanol–water partition coefficient (Wildman–Crippen LogP) is 2.31. The van der Waals surface area contributed by atoms with Gasteiger partial charge in [0.05, 0.1) is 7.11 Å². The van der Waals surface area contributed by atoms with Gasteiger partial charge < -0.3 is 14.6 Å². The van der Waals surface area contributed by atoms with E-state index in [4.69, 9.17) is 14.6 Å². The molecule has 0 atom stereocenters. The van der Waals surface area contributed by atoms with Crippen LogP contribution in [-0.4, -0.2) is 24.8 Å². The molecule has 88 valence electrons. The van der Waals surface area contributed by atoms with E-state index in [9.17, 15) is 4.79 Å². The topological polar surface area (TPSA) is 55.8 Å². The molecule has 4 nitrogen and oxygen atoms in total. The SMILES string of the molecule is COc1ccc2ccccc2c1OCC(=O)O. The second kappa shape index (κ2) is 4.74. The van der Waals surface area contributed by atoms with Gasteiger partial charge in [0.25, 0.3) is 0 Å². The summed E-state index contributed by atoms with van der Waals surface area (Å²) < 4.78 is 10.4. The molecule has 17 heavy (non-hydrogen) atoms. The van der Waals surface area contributed by atoms with Gasteiger partial charge in [-0.3, -0.25) is 0 Å². The van der Waals surface area contributed by atoms with Gasteiger partial charge in [-0.25, -0.2) is 4.79 Å². The first-order chi connectivity index (χ1) is 8.22. The van der Waals surface area contributed by atoms with Crippen LogP contribution in [0.15, 0.2) is 36.4 Å². The monoisotopic (exact) mass is 232 g/mol. The molecule has 0 unspecified atom stereocenters. The standard InChI is InChI=1S/C13H12O4/c1-16-11-7-6-9-4-2-3-5-10(9)13(11)17-8-12(14)15/h2-7H,8H2,1H3,(H,14,15). The molecule has 2 aromatic rings. The summed E-state index contributed by atoms with van der Waals surface area (Å²) in [5.74, 6) is -0.0158. The highest BCUT2D eigenvalue weighted by Crippen LogP contribution is 2.35. The van der Waals surface area contributed by atoms with Crippen LogP contribution in [0, 0.1) is 0 Å². The minimum Gasteiger partial charge on any atom is -0.493 e. The van der Waals surface area contributed by atoms with Crippen LogP contribution in [-0.2, 0) is 4.79 Å². The van der Waals surface area contributed by atoms with Crippen LogP contribution in [0.2, 0.25) is 0 Å². The number of ether oxygens (including phenoxy) is 2. The van der Waals surface area contributed by atoms with Crippen LogP contribution in [0.1, 0.15) is 0 Å². The van der Waals surface area contributed by atoms with Gasteiger partial charge in [0.15, 0.2) is 18.1 Å². The van der Waals surface area contributed by atoms with E-state index in [-0.39, 0.29) is 6.61 Å². The summed E-state index contributed by atoms with van der Waals surface area (Å²) in [5, 5.41) is 10.5. The average molecular weight is 232 g/mol. The van der Waals surface area contributed by atoms with E-state index in [1.54, 1.807) is 6.07 Å². The van der Waals surface area contributed by atoms with Gasteiger partial charge in [0.1, 0.15) is 0 Å². The predicted molar refractivity (Wildman–Crippen MR) is 63.6 cm³/mol. The smallest absolute Gasteiger partial charge is 0.341 e. The maximum atomic E-state index is 10.5. The van der Waals surface area contributed by atoms with E-state index < -0.39 is 5.97 Å². The third kappa shape index (κ3) is 2.30. The van der Waals surface area contributed by atoms with Crippen molar-refractivity contribution in [2.24, 2.45) is 0 Å².